The Balaban J connectivity index is 0.00000242. The molecule has 1 aromatic rings. The molecule has 1 aliphatic heterocycles. The Bertz CT molecular complexity index is 638. The maximum atomic E-state index is 13.4. The van der Waals surface area contributed by atoms with E-state index in [1.54, 1.807) is 0 Å². The molecular weight excluding hydrogens is 350 g/mol. The molecule has 1 heterocycles. The molecule has 1 fully saturated rings. The van der Waals surface area contributed by atoms with Crippen molar-refractivity contribution in [1.29, 1.82) is 0 Å². The molecule has 1 aromatic carbocycles. The van der Waals surface area contributed by atoms with Crippen molar-refractivity contribution in [2.24, 2.45) is 11.7 Å². The first-order chi connectivity index (χ1) is 9.73. The summed E-state index contributed by atoms with van der Waals surface area (Å²) in [6.07, 6.45) is 1.68. The zero-order valence-corrected chi connectivity index (χ0v) is 14.9. The van der Waals surface area contributed by atoms with Crippen LogP contribution in [0.15, 0.2) is 17.0 Å². The molecule has 8 heteroatoms. The van der Waals surface area contributed by atoms with Gasteiger partial charge >= 0.3 is 0 Å². The van der Waals surface area contributed by atoms with Gasteiger partial charge in [-0.15, -0.1) is 12.4 Å². The summed E-state index contributed by atoms with van der Waals surface area (Å²) in [7, 11) is -3.72. The summed E-state index contributed by atoms with van der Waals surface area (Å²) >= 11 is 5.93. The summed E-state index contributed by atoms with van der Waals surface area (Å²) in [5.74, 6) is -0.375. The number of hydrogen-bond acceptors (Lipinski definition) is 3. The summed E-state index contributed by atoms with van der Waals surface area (Å²) < 4.78 is 40.3. The Morgan fingerprint density at radius 3 is 2.68 bits per heavy atom. The van der Waals surface area contributed by atoms with Crippen LogP contribution in [0.4, 0.5) is 4.39 Å². The summed E-state index contributed by atoms with van der Waals surface area (Å²) in [4.78, 5) is -0.0339. The van der Waals surface area contributed by atoms with Crippen molar-refractivity contribution in [3.8, 4) is 0 Å². The van der Waals surface area contributed by atoms with Gasteiger partial charge in [-0.1, -0.05) is 11.6 Å². The van der Waals surface area contributed by atoms with Gasteiger partial charge in [-0.05, 0) is 50.3 Å². The van der Waals surface area contributed by atoms with Crippen LogP contribution in [0.3, 0.4) is 0 Å². The Kier molecular flexibility index (Phi) is 6.65. The Morgan fingerprint density at radius 2 is 2.09 bits per heavy atom. The van der Waals surface area contributed by atoms with E-state index in [1.807, 2.05) is 6.92 Å². The molecule has 2 rings (SSSR count). The minimum atomic E-state index is -3.72. The third-order valence-electron chi connectivity index (χ3n) is 4.00. The van der Waals surface area contributed by atoms with Gasteiger partial charge in [0.1, 0.15) is 10.7 Å². The molecule has 126 valence electrons. The van der Waals surface area contributed by atoms with Crippen LogP contribution in [0.1, 0.15) is 25.3 Å². The lowest BCUT2D eigenvalue weighted by Gasteiger charge is -2.34. The lowest BCUT2D eigenvalue weighted by molar-refractivity contribution is 0.243. The van der Waals surface area contributed by atoms with E-state index >= 15 is 0 Å². The van der Waals surface area contributed by atoms with E-state index < -0.39 is 15.8 Å². The van der Waals surface area contributed by atoms with Gasteiger partial charge in [0.05, 0.1) is 5.02 Å². The smallest absolute Gasteiger partial charge is 0.244 e. The predicted molar refractivity (Wildman–Crippen MR) is 88.5 cm³/mol. The molecule has 0 amide bonds. The van der Waals surface area contributed by atoms with Crippen LogP contribution in [-0.2, 0) is 10.0 Å². The maximum Gasteiger partial charge on any atom is 0.244 e. The van der Waals surface area contributed by atoms with Crippen molar-refractivity contribution in [1.82, 2.24) is 4.31 Å². The third-order valence-corrected chi connectivity index (χ3v) is 6.32. The molecule has 2 unspecified atom stereocenters. The maximum absolute atomic E-state index is 13.4. The van der Waals surface area contributed by atoms with Crippen LogP contribution >= 0.6 is 24.0 Å². The van der Waals surface area contributed by atoms with E-state index in [0.29, 0.717) is 13.1 Å². The first kappa shape index (κ1) is 19.6. The minimum absolute atomic E-state index is 0. The second kappa shape index (κ2) is 7.45. The predicted octanol–water partition coefficient (Wildman–Crippen LogP) is 2.96. The zero-order valence-electron chi connectivity index (χ0n) is 12.6. The van der Waals surface area contributed by atoms with Gasteiger partial charge in [0, 0.05) is 19.1 Å². The van der Waals surface area contributed by atoms with E-state index in [1.165, 1.54) is 17.3 Å². The van der Waals surface area contributed by atoms with E-state index in [2.05, 4.69) is 0 Å². The first-order valence-corrected chi connectivity index (χ1v) is 8.76. The van der Waals surface area contributed by atoms with Crippen molar-refractivity contribution in [2.75, 3.05) is 13.1 Å². The monoisotopic (exact) mass is 370 g/mol. The largest absolute Gasteiger partial charge is 0.328 e. The molecule has 0 saturated carbocycles. The number of nitrogens with two attached hydrogens (primary N) is 1. The van der Waals surface area contributed by atoms with Crippen molar-refractivity contribution < 1.29 is 12.8 Å². The molecule has 2 atom stereocenters. The van der Waals surface area contributed by atoms with Gasteiger partial charge < -0.3 is 5.73 Å². The van der Waals surface area contributed by atoms with Gasteiger partial charge in [-0.25, -0.2) is 12.8 Å². The average molecular weight is 371 g/mol. The highest BCUT2D eigenvalue weighted by molar-refractivity contribution is 7.89. The molecule has 2 N–H and O–H groups in total. The Hall–Kier alpha value is -0.400. The minimum Gasteiger partial charge on any atom is -0.328 e. The van der Waals surface area contributed by atoms with E-state index in [0.717, 1.165) is 18.9 Å². The molecule has 0 radical (unpaired) electrons. The van der Waals surface area contributed by atoms with Crippen molar-refractivity contribution in [2.45, 2.75) is 37.6 Å². The molecule has 0 aliphatic carbocycles. The number of hydrogen-bond donors (Lipinski definition) is 1. The highest BCUT2D eigenvalue weighted by Crippen LogP contribution is 2.30. The van der Waals surface area contributed by atoms with Gasteiger partial charge in [-0.2, -0.15) is 4.31 Å². The molecule has 1 aliphatic rings. The van der Waals surface area contributed by atoms with Gasteiger partial charge in [-0.3, -0.25) is 0 Å². The molecule has 1 saturated heterocycles. The first-order valence-electron chi connectivity index (χ1n) is 6.95. The third kappa shape index (κ3) is 3.92. The van der Waals surface area contributed by atoms with Gasteiger partial charge in [0.2, 0.25) is 10.0 Å². The highest BCUT2D eigenvalue weighted by Gasteiger charge is 2.33. The second-order valence-electron chi connectivity index (χ2n) is 5.66. The number of halogens is 3. The lowest BCUT2D eigenvalue weighted by atomic mass is 9.93. The van der Waals surface area contributed by atoms with E-state index in [9.17, 15) is 12.8 Å². The average Bonchev–Trinajstić information content (AvgIpc) is 2.42. The van der Waals surface area contributed by atoms with Gasteiger partial charge in [0.25, 0.3) is 0 Å². The molecule has 4 nitrogen and oxygen atoms in total. The Morgan fingerprint density at radius 1 is 1.45 bits per heavy atom. The topological polar surface area (TPSA) is 63.4 Å². The fraction of sp³-hybridized carbons (Fsp3) is 0.571. The van der Waals surface area contributed by atoms with Crippen LogP contribution in [0.5, 0.6) is 0 Å². The summed E-state index contributed by atoms with van der Waals surface area (Å²) in [6, 6.07) is 2.28. The SMILES string of the molecule is Cc1cc(S(=O)(=O)N2CCCC(C(C)N)C2)c(Cl)cc1F.Cl. The number of sulfonamides is 1. The van der Waals surface area contributed by atoms with Crippen LogP contribution in [0.25, 0.3) is 0 Å². The number of benzene rings is 1. The van der Waals surface area contributed by atoms with E-state index in [4.69, 9.17) is 17.3 Å². The summed E-state index contributed by atoms with van der Waals surface area (Å²) in [5.41, 5.74) is 6.15. The van der Waals surface area contributed by atoms with Gasteiger partial charge in [0.15, 0.2) is 0 Å². The highest BCUT2D eigenvalue weighted by atomic mass is 35.5. The number of nitrogens with zero attached hydrogens (tertiary/aromatic N) is 1. The van der Waals surface area contributed by atoms with Crippen molar-refractivity contribution in [3.05, 3.63) is 28.5 Å². The second-order valence-corrected chi connectivity index (χ2v) is 7.97. The van der Waals surface area contributed by atoms with Crippen molar-refractivity contribution in [3.63, 3.8) is 0 Å². The molecule has 22 heavy (non-hydrogen) atoms. The molecule has 0 spiro atoms. The quantitative estimate of drug-likeness (QED) is 0.889. The van der Waals surface area contributed by atoms with Crippen LogP contribution in [0.2, 0.25) is 5.02 Å². The van der Waals surface area contributed by atoms with E-state index in [-0.39, 0.29) is 39.8 Å². The summed E-state index contributed by atoms with van der Waals surface area (Å²) in [5, 5.41) is -0.0824. The van der Waals surface area contributed by atoms with Crippen molar-refractivity contribution >= 4 is 34.0 Å². The molecule has 0 bridgehead atoms. The number of rotatable bonds is 3. The number of aryl methyl sites for hydroxylation is 1. The fourth-order valence-corrected chi connectivity index (χ4v) is 4.70. The summed E-state index contributed by atoms with van der Waals surface area (Å²) in [6.45, 7) is 4.23. The lowest BCUT2D eigenvalue weighted by Crippen LogP contribution is -2.45. The fourth-order valence-electron chi connectivity index (χ4n) is 2.59. The zero-order chi connectivity index (χ0) is 15.8. The number of piperidine rings is 1. The van der Waals surface area contributed by atoms with Crippen LogP contribution < -0.4 is 5.73 Å². The van der Waals surface area contributed by atoms with Crippen LogP contribution in [0, 0.1) is 18.7 Å². The molecule has 0 aromatic heterocycles. The Labute approximate surface area is 142 Å². The van der Waals surface area contributed by atoms with Crippen LogP contribution in [-0.4, -0.2) is 31.9 Å². The standard InChI is InChI=1S/C14H20ClFN2O2S.ClH/c1-9-6-14(12(15)7-13(9)16)21(19,20)18-5-3-4-11(8-18)10(2)17;/h6-7,10-11H,3-5,8,17H2,1-2H3;1H. The molecular formula is C14H21Cl2FN2O2S. The normalized spacial score (nSPS) is 21.2.